The van der Waals surface area contributed by atoms with E-state index in [1.807, 2.05) is 0 Å². The zero-order chi connectivity index (χ0) is 22.3. The Hall–Kier alpha value is -1.06. The Balaban J connectivity index is 2.02. The van der Waals surface area contributed by atoms with Gasteiger partial charge in [0.2, 0.25) is 0 Å². The van der Waals surface area contributed by atoms with Crippen molar-refractivity contribution in [1.29, 1.82) is 0 Å². The van der Waals surface area contributed by atoms with Crippen molar-refractivity contribution in [1.82, 2.24) is 0 Å². The molecular formula is C24H32O5Sn2. The number of ether oxygens (including phenoxy) is 2. The van der Waals surface area contributed by atoms with Gasteiger partial charge in [-0.1, -0.05) is 0 Å². The molecule has 0 saturated heterocycles. The van der Waals surface area contributed by atoms with Gasteiger partial charge in [0, 0.05) is 0 Å². The quantitative estimate of drug-likeness (QED) is 0.180. The monoisotopic (exact) mass is 640 g/mol. The fourth-order valence-corrected chi connectivity index (χ4v) is 27.5. The molecule has 2 aromatic carbocycles. The van der Waals surface area contributed by atoms with E-state index in [-0.39, 0.29) is 11.9 Å². The van der Waals surface area contributed by atoms with Crippen LogP contribution in [0.2, 0.25) is 8.87 Å². The average molecular weight is 638 g/mol. The maximum absolute atomic E-state index is 11.0. The third-order valence-corrected chi connectivity index (χ3v) is 25.7. The van der Waals surface area contributed by atoms with Crippen molar-refractivity contribution in [2.45, 2.75) is 48.4 Å². The van der Waals surface area contributed by atoms with Crippen LogP contribution in [0.5, 0.6) is 0 Å². The van der Waals surface area contributed by atoms with Crippen LogP contribution in [0, 0.1) is 0 Å². The number of rotatable bonds is 14. The van der Waals surface area contributed by atoms with Crippen LogP contribution in [0.25, 0.3) is 0 Å². The van der Waals surface area contributed by atoms with Crippen LogP contribution >= 0.6 is 0 Å². The van der Waals surface area contributed by atoms with Crippen LogP contribution in [0.1, 0.15) is 39.5 Å². The molecule has 31 heavy (non-hydrogen) atoms. The zero-order valence-corrected chi connectivity index (χ0v) is 24.2. The molecule has 0 unspecified atom stereocenters. The van der Waals surface area contributed by atoms with Gasteiger partial charge in [-0.05, 0) is 0 Å². The number of benzene rings is 2. The summed E-state index contributed by atoms with van der Waals surface area (Å²) in [6, 6.07) is 21.4. The van der Waals surface area contributed by atoms with E-state index in [1.165, 1.54) is 21.0 Å². The van der Waals surface area contributed by atoms with E-state index in [2.05, 4.69) is 60.7 Å². The molecule has 7 heteroatoms. The first kappa shape index (κ1) is 26.2. The molecule has 0 bridgehead atoms. The maximum atomic E-state index is 11.0. The predicted octanol–water partition coefficient (Wildman–Crippen LogP) is 3.49. The van der Waals surface area contributed by atoms with Crippen LogP contribution in [0.4, 0.5) is 0 Å². The van der Waals surface area contributed by atoms with Gasteiger partial charge >= 0.3 is 202 Å². The van der Waals surface area contributed by atoms with Gasteiger partial charge < -0.3 is 0 Å². The van der Waals surface area contributed by atoms with Crippen molar-refractivity contribution in [3.05, 3.63) is 60.7 Å². The second-order valence-corrected chi connectivity index (χ2v) is 22.7. The summed E-state index contributed by atoms with van der Waals surface area (Å²) in [5, 5.41) is 0. The van der Waals surface area contributed by atoms with Crippen LogP contribution in [-0.4, -0.2) is 65.5 Å². The summed E-state index contributed by atoms with van der Waals surface area (Å²) in [6.45, 7) is 3.88. The predicted molar refractivity (Wildman–Crippen MR) is 126 cm³/mol. The van der Waals surface area contributed by atoms with Gasteiger partial charge in [-0.2, -0.15) is 0 Å². The molecule has 166 valence electrons. The van der Waals surface area contributed by atoms with Crippen molar-refractivity contribution < 1.29 is 20.5 Å². The van der Waals surface area contributed by atoms with E-state index in [0.717, 1.165) is 34.6 Å². The summed E-state index contributed by atoms with van der Waals surface area (Å²) < 4.78 is 22.2. The van der Waals surface area contributed by atoms with Gasteiger partial charge in [-0.25, -0.2) is 0 Å². The van der Waals surface area contributed by atoms with E-state index in [1.54, 1.807) is 0 Å². The number of unbranched alkanes of at least 4 members (excludes halogenated alkanes) is 2. The second kappa shape index (κ2) is 15.7. The standard InChI is InChI=1S/2C6H11O2.2C6H5.O.2Sn/c2*1-3-4-5-8-6(2)7;2*1-2-4-6-5-3-1;;;/h2*1,3-5H2,2H3;2*1-5H;;;. The van der Waals surface area contributed by atoms with Crippen LogP contribution in [0.15, 0.2) is 60.7 Å². The third-order valence-electron chi connectivity index (χ3n) is 4.64. The Labute approximate surface area is 201 Å². The Bertz CT molecular complexity index is 705. The second-order valence-electron chi connectivity index (χ2n) is 7.27. The number of carbonyl (C=O) groups is 2. The third kappa shape index (κ3) is 11.4. The van der Waals surface area contributed by atoms with E-state index in [9.17, 15) is 9.59 Å². The molecule has 0 saturated carbocycles. The minimum absolute atomic E-state index is 0.216. The van der Waals surface area contributed by atoms with Crippen molar-refractivity contribution >= 4 is 59.4 Å². The van der Waals surface area contributed by atoms with Gasteiger partial charge in [0.05, 0.1) is 0 Å². The molecular weight excluding hydrogens is 606 g/mol. The summed E-state index contributed by atoms with van der Waals surface area (Å²) in [6.07, 6.45) is 3.81. The first-order valence-corrected chi connectivity index (χ1v) is 20.1. The van der Waals surface area contributed by atoms with E-state index >= 15 is 0 Å². The van der Waals surface area contributed by atoms with E-state index < -0.39 is 40.3 Å². The molecule has 0 spiro atoms. The van der Waals surface area contributed by atoms with Crippen LogP contribution in [-0.2, 0) is 20.5 Å². The first-order valence-electron chi connectivity index (χ1n) is 10.8. The summed E-state index contributed by atoms with van der Waals surface area (Å²) in [5.74, 6) is -0.432. The van der Waals surface area contributed by atoms with Crippen molar-refractivity contribution in [2.75, 3.05) is 13.2 Å². The number of hydrogen-bond donors (Lipinski definition) is 0. The van der Waals surface area contributed by atoms with Crippen LogP contribution < -0.4 is 7.16 Å². The van der Waals surface area contributed by atoms with Gasteiger partial charge in [-0.15, -0.1) is 0 Å². The molecule has 0 N–H and O–H groups in total. The van der Waals surface area contributed by atoms with Crippen LogP contribution in [0.3, 0.4) is 0 Å². The molecule has 0 aliphatic rings. The molecule has 0 heterocycles. The van der Waals surface area contributed by atoms with Crippen molar-refractivity contribution in [2.24, 2.45) is 0 Å². The van der Waals surface area contributed by atoms with E-state index in [4.69, 9.17) is 10.9 Å². The van der Waals surface area contributed by atoms with Gasteiger partial charge in [0.15, 0.2) is 0 Å². The van der Waals surface area contributed by atoms with Crippen molar-refractivity contribution in [3.63, 3.8) is 0 Å². The fraction of sp³-hybridized carbons (Fsp3) is 0.417. The minimum atomic E-state index is -2.28. The molecule has 0 aliphatic heterocycles. The molecule has 2 rings (SSSR count). The summed E-state index contributed by atoms with van der Waals surface area (Å²) >= 11 is -4.57. The Kier molecular flexibility index (Phi) is 13.3. The summed E-state index contributed by atoms with van der Waals surface area (Å²) in [7, 11) is 0. The molecule has 0 amide bonds. The molecule has 0 aromatic heterocycles. The van der Waals surface area contributed by atoms with Gasteiger partial charge in [-0.3, -0.25) is 0 Å². The Morgan fingerprint density at radius 3 is 1.39 bits per heavy atom. The summed E-state index contributed by atoms with van der Waals surface area (Å²) in [4.78, 5) is 22.0. The SMILES string of the molecule is CC(=O)OCCC[CH2][Sn]([O][Sn]([CH2]CCCOC(C)=O)[c]1ccccc1)[c]1ccccc1. The number of esters is 2. The Morgan fingerprint density at radius 1 is 0.645 bits per heavy atom. The van der Waals surface area contributed by atoms with Gasteiger partial charge in [0.1, 0.15) is 0 Å². The number of hydrogen-bond acceptors (Lipinski definition) is 5. The molecule has 2 radical (unpaired) electrons. The zero-order valence-electron chi connectivity index (χ0n) is 18.5. The number of carbonyl (C=O) groups excluding carboxylic acids is 2. The molecule has 0 aliphatic carbocycles. The van der Waals surface area contributed by atoms with Gasteiger partial charge in [0.25, 0.3) is 0 Å². The van der Waals surface area contributed by atoms with Crippen molar-refractivity contribution in [3.8, 4) is 0 Å². The Morgan fingerprint density at radius 2 is 1.03 bits per heavy atom. The van der Waals surface area contributed by atoms with E-state index in [0.29, 0.717) is 13.2 Å². The first-order chi connectivity index (χ1) is 15.1. The normalized spacial score (nSPS) is 11.0. The molecule has 0 fully saturated rings. The summed E-state index contributed by atoms with van der Waals surface area (Å²) in [5.41, 5.74) is 0. The average Bonchev–Trinajstić information content (AvgIpc) is 2.77. The molecule has 5 nitrogen and oxygen atoms in total. The molecule has 2 aromatic rings. The molecule has 0 atom stereocenters. The fourth-order valence-electron chi connectivity index (χ4n) is 3.11. The topological polar surface area (TPSA) is 61.8 Å².